The van der Waals surface area contributed by atoms with Crippen LogP contribution in [0.15, 0.2) is 130 Å². The van der Waals surface area contributed by atoms with E-state index in [0.29, 0.717) is 17.2 Å². The fourth-order valence-electron chi connectivity index (χ4n) is 3.77. The zero-order valence-corrected chi connectivity index (χ0v) is 19.9. The minimum Gasteiger partial charge on any atom is -0.436 e. The van der Waals surface area contributed by atoms with Gasteiger partial charge in [-0.1, -0.05) is 84.9 Å². The van der Waals surface area contributed by atoms with Gasteiger partial charge in [0.25, 0.3) is 0 Å². The average Bonchev–Trinajstić information content (AvgIpc) is 3.44. The Morgan fingerprint density at radius 1 is 0.722 bits per heavy atom. The van der Waals surface area contributed by atoms with Gasteiger partial charge < -0.3 is 4.42 Å². The number of benzene rings is 4. The normalized spacial score (nSPS) is 11.7. The molecule has 0 N–H and O–H groups in total. The van der Waals surface area contributed by atoms with E-state index in [9.17, 15) is 13.7 Å². The third kappa shape index (κ3) is 4.74. The lowest BCUT2D eigenvalue weighted by Gasteiger charge is -2.05. The summed E-state index contributed by atoms with van der Waals surface area (Å²) in [7, 11) is -3.87. The van der Waals surface area contributed by atoms with E-state index in [0.717, 1.165) is 22.3 Å². The number of oxazole rings is 1. The molecular weight excluding hydrogens is 468 g/mol. The number of nitrogens with zero attached hydrogens (tertiary/aromatic N) is 2. The van der Waals surface area contributed by atoms with E-state index >= 15 is 0 Å². The van der Waals surface area contributed by atoms with Gasteiger partial charge in [-0.3, -0.25) is 0 Å². The zero-order chi connectivity index (χ0) is 25.0. The lowest BCUT2D eigenvalue weighted by Crippen LogP contribution is -2.03. The Morgan fingerprint density at radius 3 is 1.89 bits per heavy atom. The standard InChI is InChI=1S/C30H20N2O3S/c31-20-28(36(33,34)27-9-5-2-6-10-27)19-22-11-13-23(14-12-22)24-15-17-25(18-16-24)29-21-32-30(35-29)26-7-3-1-4-8-26/h1-19,21H/b28-19+. The predicted molar refractivity (Wildman–Crippen MR) is 140 cm³/mol. The second-order valence-corrected chi connectivity index (χ2v) is 9.95. The molecule has 174 valence electrons. The molecule has 0 saturated carbocycles. The highest BCUT2D eigenvalue weighted by Gasteiger charge is 2.20. The molecule has 1 aromatic heterocycles. The summed E-state index contributed by atoms with van der Waals surface area (Å²) in [5.41, 5.74) is 4.42. The van der Waals surface area contributed by atoms with Gasteiger partial charge >= 0.3 is 0 Å². The van der Waals surface area contributed by atoms with Crippen molar-refractivity contribution in [2.24, 2.45) is 0 Å². The Morgan fingerprint density at radius 2 is 1.28 bits per heavy atom. The molecule has 0 spiro atoms. The summed E-state index contributed by atoms with van der Waals surface area (Å²) >= 11 is 0. The van der Waals surface area contributed by atoms with E-state index in [1.54, 1.807) is 36.5 Å². The lowest BCUT2D eigenvalue weighted by molar-refractivity contribution is 0.589. The van der Waals surface area contributed by atoms with E-state index in [1.807, 2.05) is 72.8 Å². The number of hydrogen-bond acceptors (Lipinski definition) is 5. The van der Waals surface area contributed by atoms with Crippen LogP contribution in [0.25, 0.3) is 40.0 Å². The molecule has 0 aliphatic carbocycles. The van der Waals surface area contributed by atoms with Gasteiger partial charge in [-0.05, 0) is 47.0 Å². The van der Waals surface area contributed by atoms with E-state index in [1.165, 1.54) is 18.2 Å². The zero-order valence-electron chi connectivity index (χ0n) is 19.1. The maximum Gasteiger partial charge on any atom is 0.226 e. The Hall–Kier alpha value is -4.73. The molecule has 0 fully saturated rings. The molecule has 5 aromatic rings. The summed E-state index contributed by atoms with van der Waals surface area (Å²) in [4.78, 5) is 4.18. The highest BCUT2D eigenvalue weighted by atomic mass is 32.2. The highest BCUT2D eigenvalue weighted by molar-refractivity contribution is 7.95. The molecule has 0 aliphatic rings. The fraction of sp³-hybridized carbons (Fsp3) is 0. The topological polar surface area (TPSA) is 84.0 Å². The van der Waals surface area contributed by atoms with Crippen molar-refractivity contribution in [1.29, 1.82) is 5.26 Å². The van der Waals surface area contributed by atoms with E-state index in [4.69, 9.17) is 4.42 Å². The third-order valence-corrected chi connectivity index (χ3v) is 7.37. The minimum absolute atomic E-state index is 0.0946. The number of aromatic nitrogens is 1. The maximum atomic E-state index is 12.8. The minimum atomic E-state index is -3.87. The van der Waals surface area contributed by atoms with Gasteiger partial charge in [-0.15, -0.1) is 0 Å². The van der Waals surface area contributed by atoms with Crippen LogP contribution in [0.1, 0.15) is 5.56 Å². The number of nitriles is 1. The monoisotopic (exact) mass is 488 g/mol. The number of sulfone groups is 1. The first-order chi connectivity index (χ1) is 17.5. The van der Waals surface area contributed by atoms with Crippen LogP contribution in [0, 0.1) is 11.3 Å². The van der Waals surface area contributed by atoms with Gasteiger partial charge in [0.1, 0.15) is 11.0 Å². The van der Waals surface area contributed by atoms with Gasteiger partial charge in [0.2, 0.25) is 15.7 Å². The summed E-state index contributed by atoms with van der Waals surface area (Å²) < 4.78 is 31.5. The maximum absolute atomic E-state index is 12.8. The van der Waals surface area contributed by atoms with Crippen LogP contribution in [0.3, 0.4) is 0 Å². The molecule has 6 heteroatoms. The van der Waals surface area contributed by atoms with Crippen molar-refractivity contribution in [3.05, 3.63) is 126 Å². The Bertz CT molecular complexity index is 1660. The highest BCUT2D eigenvalue weighted by Crippen LogP contribution is 2.29. The van der Waals surface area contributed by atoms with Crippen molar-refractivity contribution >= 4 is 15.9 Å². The quantitative estimate of drug-likeness (QED) is 0.240. The van der Waals surface area contributed by atoms with Crippen molar-refractivity contribution in [2.45, 2.75) is 4.90 Å². The Balaban J connectivity index is 1.35. The second-order valence-electron chi connectivity index (χ2n) is 8.03. The molecule has 0 unspecified atom stereocenters. The molecule has 4 aromatic carbocycles. The SMILES string of the molecule is N#C/C(=C\c1ccc(-c2ccc(-c3cnc(-c4ccccc4)o3)cc2)cc1)S(=O)(=O)c1ccccc1. The molecule has 0 bridgehead atoms. The van der Waals surface area contributed by atoms with Gasteiger partial charge in [0, 0.05) is 11.1 Å². The number of rotatable bonds is 6. The summed E-state index contributed by atoms with van der Waals surface area (Å²) in [6, 6.07) is 34.8. The first kappa shape index (κ1) is 23.0. The van der Waals surface area contributed by atoms with Crippen LogP contribution in [-0.4, -0.2) is 13.4 Å². The van der Waals surface area contributed by atoms with Crippen molar-refractivity contribution in [2.75, 3.05) is 0 Å². The van der Waals surface area contributed by atoms with Crippen LogP contribution in [0.4, 0.5) is 0 Å². The van der Waals surface area contributed by atoms with E-state index in [-0.39, 0.29) is 9.80 Å². The first-order valence-corrected chi connectivity index (χ1v) is 12.7. The number of allylic oxidation sites excluding steroid dienone is 1. The molecular formula is C30H20N2O3S. The molecule has 0 radical (unpaired) electrons. The van der Waals surface area contributed by atoms with Crippen LogP contribution in [0.2, 0.25) is 0 Å². The third-order valence-electron chi connectivity index (χ3n) is 5.69. The van der Waals surface area contributed by atoms with Gasteiger partial charge in [0.05, 0.1) is 11.1 Å². The van der Waals surface area contributed by atoms with Crippen molar-refractivity contribution in [1.82, 2.24) is 4.98 Å². The largest absolute Gasteiger partial charge is 0.436 e. The van der Waals surface area contributed by atoms with Crippen LogP contribution in [0.5, 0.6) is 0 Å². The van der Waals surface area contributed by atoms with Crippen molar-refractivity contribution < 1.29 is 12.8 Å². The lowest BCUT2D eigenvalue weighted by atomic mass is 10.0. The van der Waals surface area contributed by atoms with Crippen LogP contribution < -0.4 is 0 Å². The van der Waals surface area contributed by atoms with Crippen molar-refractivity contribution in [3.8, 4) is 40.0 Å². The van der Waals surface area contributed by atoms with Gasteiger partial charge in [-0.2, -0.15) is 5.26 Å². The van der Waals surface area contributed by atoms with E-state index < -0.39 is 9.84 Å². The molecule has 0 aliphatic heterocycles. The van der Waals surface area contributed by atoms with Crippen LogP contribution in [-0.2, 0) is 9.84 Å². The Labute approximate surface area is 209 Å². The van der Waals surface area contributed by atoms with E-state index in [2.05, 4.69) is 4.98 Å². The Kier molecular flexibility index (Phi) is 6.31. The molecule has 1 heterocycles. The summed E-state index contributed by atoms with van der Waals surface area (Å²) in [6.45, 7) is 0. The molecule has 5 rings (SSSR count). The summed E-state index contributed by atoms with van der Waals surface area (Å²) in [5.74, 6) is 1.26. The predicted octanol–water partition coefficient (Wildman–Crippen LogP) is 7.01. The second kappa shape index (κ2) is 9.87. The van der Waals surface area contributed by atoms with Gasteiger partial charge in [-0.25, -0.2) is 13.4 Å². The molecule has 0 saturated heterocycles. The molecule has 0 atom stereocenters. The molecule has 0 amide bonds. The molecule has 5 nitrogen and oxygen atoms in total. The summed E-state index contributed by atoms with van der Waals surface area (Å²) in [5, 5.41) is 9.49. The molecule has 36 heavy (non-hydrogen) atoms. The van der Waals surface area contributed by atoms with Crippen LogP contribution >= 0.6 is 0 Å². The first-order valence-electron chi connectivity index (χ1n) is 11.2. The van der Waals surface area contributed by atoms with Crippen molar-refractivity contribution in [3.63, 3.8) is 0 Å². The average molecular weight is 489 g/mol. The van der Waals surface area contributed by atoms with Gasteiger partial charge in [0.15, 0.2) is 5.76 Å². The number of hydrogen-bond donors (Lipinski definition) is 0. The fourth-order valence-corrected chi connectivity index (χ4v) is 4.95. The smallest absolute Gasteiger partial charge is 0.226 e. The summed E-state index contributed by atoms with van der Waals surface area (Å²) in [6.07, 6.45) is 3.11.